The Hall–Kier alpha value is -0.223. The zero-order chi connectivity index (χ0) is 15.3. The van der Waals surface area contributed by atoms with Crippen molar-refractivity contribution < 1.29 is 14.0 Å². The van der Waals surface area contributed by atoms with Crippen molar-refractivity contribution in [3.63, 3.8) is 0 Å². The van der Waals surface area contributed by atoms with Crippen molar-refractivity contribution in [1.29, 1.82) is 0 Å². The lowest BCUT2D eigenvalue weighted by Crippen LogP contribution is -1.84. The second-order valence-electron chi connectivity index (χ2n) is 5.40. The van der Waals surface area contributed by atoms with Gasteiger partial charge in [-0.3, -0.25) is 8.92 Å². The number of aliphatic hydroxyl groups excluding tert-OH is 1. The van der Waals surface area contributed by atoms with Gasteiger partial charge in [-0.25, -0.2) is 0 Å². The van der Waals surface area contributed by atoms with Crippen molar-refractivity contribution in [2.24, 2.45) is 0 Å². The summed E-state index contributed by atoms with van der Waals surface area (Å²) in [6.07, 6.45) is 19.2. The standard InChI is InChI=1S/C16H34O.O2Si/c1-2-3-4-5-6-7-8-9-10-11-12-13-14-15-16-17;1-3-2/h17H,2-16H2,1H3;. The van der Waals surface area contributed by atoms with Gasteiger partial charge in [0.1, 0.15) is 0 Å². The first-order chi connectivity index (χ1) is 9.83. The van der Waals surface area contributed by atoms with Crippen LogP contribution in [0.2, 0.25) is 0 Å². The lowest BCUT2D eigenvalue weighted by atomic mass is 10.0. The quantitative estimate of drug-likeness (QED) is 0.369. The van der Waals surface area contributed by atoms with Gasteiger partial charge in [0.05, 0.1) is 0 Å². The van der Waals surface area contributed by atoms with E-state index >= 15 is 0 Å². The van der Waals surface area contributed by atoms with Gasteiger partial charge in [0, 0.05) is 6.61 Å². The third-order valence-electron chi connectivity index (χ3n) is 3.51. The lowest BCUT2D eigenvalue weighted by molar-refractivity contribution is 0.282. The van der Waals surface area contributed by atoms with Crippen LogP contribution in [0.3, 0.4) is 0 Å². The van der Waals surface area contributed by atoms with E-state index in [-0.39, 0.29) is 0 Å². The molecule has 1 N–H and O–H groups in total. The fourth-order valence-electron chi connectivity index (χ4n) is 2.31. The molecule has 4 heteroatoms. The predicted molar refractivity (Wildman–Crippen MR) is 84.5 cm³/mol. The van der Waals surface area contributed by atoms with Gasteiger partial charge in [-0.05, 0) is 6.42 Å². The molecular weight excluding hydrogens is 268 g/mol. The van der Waals surface area contributed by atoms with E-state index in [9.17, 15) is 0 Å². The third-order valence-corrected chi connectivity index (χ3v) is 3.51. The van der Waals surface area contributed by atoms with Crippen molar-refractivity contribution in [3.05, 3.63) is 0 Å². The number of hydrogen-bond acceptors (Lipinski definition) is 3. The van der Waals surface area contributed by atoms with Crippen LogP contribution in [-0.2, 0) is 8.92 Å². The molecule has 0 aliphatic heterocycles. The fourth-order valence-corrected chi connectivity index (χ4v) is 2.31. The minimum atomic E-state index is -1.42. The van der Waals surface area contributed by atoms with Gasteiger partial charge >= 0.3 is 9.29 Å². The first-order valence-electron chi connectivity index (χ1n) is 8.43. The Morgan fingerprint density at radius 1 is 0.600 bits per heavy atom. The lowest BCUT2D eigenvalue weighted by Gasteiger charge is -2.02. The highest BCUT2D eigenvalue weighted by Gasteiger charge is 1.93. The SMILES string of the molecule is CCCCCCCCCCCCCCCCO.O=[Si]=O. The van der Waals surface area contributed by atoms with Crippen molar-refractivity contribution in [2.75, 3.05) is 6.61 Å². The first kappa shape index (κ1) is 22.1. The van der Waals surface area contributed by atoms with Crippen LogP contribution in [0.15, 0.2) is 0 Å². The van der Waals surface area contributed by atoms with Crippen LogP contribution in [0.5, 0.6) is 0 Å². The molecular formula is C16H34O3Si. The number of aliphatic hydroxyl groups is 1. The van der Waals surface area contributed by atoms with E-state index in [1.54, 1.807) is 0 Å². The molecule has 0 aromatic rings. The Bertz CT molecular complexity index is 178. The highest BCUT2D eigenvalue weighted by molar-refractivity contribution is 5.94. The summed E-state index contributed by atoms with van der Waals surface area (Å²) in [6, 6.07) is 0. The molecule has 0 heterocycles. The summed E-state index contributed by atoms with van der Waals surface area (Å²) in [5.74, 6) is 0. The molecule has 0 atom stereocenters. The maximum absolute atomic E-state index is 8.64. The van der Waals surface area contributed by atoms with Crippen molar-refractivity contribution >= 4 is 9.29 Å². The van der Waals surface area contributed by atoms with Crippen molar-refractivity contribution in [2.45, 2.75) is 96.8 Å². The van der Waals surface area contributed by atoms with Gasteiger partial charge in [-0.15, -0.1) is 0 Å². The Labute approximate surface area is 127 Å². The molecule has 3 nitrogen and oxygen atoms in total. The molecule has 0 aromatic heterocycles. The largest absolute Gasteiger partial charge is 0.549 e. The molecule has 0 spiro atoms. The van der Waals surface area contributed by atoms with Crippen molar-refractivity contribution in [3.8, 4) is 0 Å². The summed E-state index contributed by atoms with van der Waals surface area (Å²) >= 11 is 0. The van der Waals surface area contributed by atoms with Gasteiger partial charge in [-0.2, -0.15) is 0 Å². The Kier molecular flexibility index (Phi) is 26.3. The highest BCUT2D eigenvalue weighted by Crippen LogP contribution is 2.12. The van der Waals surface area contributed by atoms with Crippen LogP contribution in [0.25, 0.3) is 0 Å². The summed E-state index contributed by atoms with van der Waals surface area (Å²) in [5.41, 5.74) is 0. The van der Waals surface area contributed by atoms with E-state index in [2.05, 4.69) is 6.92 Å². The monoisotopic (exact) mass is 302 g/mol. The molecule has 0 saturated heterocycles. The average molecular weight is 303 g/mol. The molecule has 0 rings (SSSR count). The van der Waals surface area contributed by atoms with Crippen LogP contribution in [0, 0.1) is 0 Å². The van der Waals surface area contributed by atoms with Gasteiger partial charge in [0.2, 0.25) is 0 Å². The van der Waals surface area contributed by atoms with E-state index < -0.39 is 9.29 Å². The summed E-state index contributed by atoms with van der Waals surface area (Å²) in [7, 11) is -1.42. The van der Waals surface area contributed by atoms with Crippen LogP contribution >= 0.6 is 0 Å². The van der Waals surface area contributed by atoms with Crippen molar-refractivity contribution in [1.82, 2.24) is 0 Å². The van der Waals surface area contributed by atoms with Crippen LogP contribution in [-0.4, -0.2) is 21.0 Å². The van der Waals surface area contributed by atoms with Gasteiger partial charge < -0.3 is 5.11 Å². The molecule has 0 fully saturated rings. The zero-order valence-electron chi connectivity index (χ0n) is 13.4. The first-order valence-corrected chi connectivity index (χ1v) is 9.25. The molecule has 0 radical (unpaired) electrons. The smallest absolute Gasteiger partial charge is 0.396 e. The van der Waals surface area contributed by atoms with E-state index in [1.165, 1.54) is 83.5 Å². The predicted octanol–water partition coefficient (Wildman–Crippen LogP) is 4.84. The highest BCUT2D eigenvalue weighted by atomic mass is 28.2. The number of unbranched alkanes of at least 4 members (excludes halogenated alkanes) is 13. The van der Waals surface area contributed by atoms with E-state index in [4.69, 9.17) is 14.0 Å². The minimum Gasteiger partial charge on any atom is -0.396 e. The van der Waals surface area contributed by atoms with Gasteiger partial charge in [0.25, 0.3) is 0 Å². The van der Waals surface area contributed by atoms with E-state index in [1.807, 2.05) is 0 Å². The second-order valence-corrected chi connectivity index (χ2v) is 5.57. The second kappa shape index (κ2) is 23.8. The van der Waals surface area contributed by atoms with Gasteiger partial charge in [-0.1, -0.05) is 90.4 Å². The van der Waals surface area contributed by atoms with E-state index in [0.29, 0.717) is 6.61 Å². The molecule has 0 amide bonds. The Morgan fingerprint density at radius 2 is 0.850 bits per heavy atom. The maximum atomic E-state index is 8.64. The van der Waals surface area contributed by atoms with Crippen LogP contribution in [0.4, 0.5) is 0 Å². The Morgan fingerprint density at radius 3 is 1.10 bits per heavy atom. The molecule has 0 unspecified atom stereocenters. The zero-order valence-corrected chi connectivity index (χ0v) is 14.4. The van der Waals surface area contributed by atoms with Crippen LogP contribution in [0.1, 0.15) is 96.8 Å². The van der Waals surface area contributed by atoms with Crippen LogP contribution < -0.4 is 0 Å². The fraction of sp³-hybridized carbons (Fsp3) is 1.00. The normalized spacial score (nSPS) is 9.70. The Balaban J connectivity index is 0. The summed E-state index contributed by atoms with van der Waals surface area (Å²) < 4.78 is 16.8. The minimum absolute atomic E-state index is 0.373. The maximum Gasteiger partial charge on any atom is 0.549 e. The summed E-state index contributed by atoms with van der Waals surface area (Å²) in [5, 5.41) is 8.64. The summed E-state index contributed by atoms with van der Waals surface area (Å²) in [4.78, 5) is 0. The average Bonchev–Trinajstić information content (AvgIpc) is 2.45. The molecule has 0 aromatic carbocycles. The molecule has 0 aliphatic carbocycles. The summed E-state index contributed by atoms with van der Waals surface area (Å²) in [6.45, 7) is 2.65. The number of rotatable bonds is 14. The molecule has 0 aliphatic rings. The molecule has 0 bridgehead atoms. The van der Waals surface area contributed by atoms with Gasteiger partial charge in [0.15, 0.2) is 0 Å². The number of hydrogen-bond donors (Lipinski definition) is 1. The topological polar surface area (TPSA) is 54.4 Å². The van der Waals surface area contributed by atoms with E-state index in [0.717, 1.165) is 6.42 Å². The molecule has 120 valence electrons. The molecule has 0 saturated carbocycles. The third kappa shape index (κ3) is 26.4. The molecule has 20 heavy (non-hydrogen) atoms.